The first-order valence-electron chi connectivity index (χ1n) is 12.2. The second kappa shape index (κ2) is 9.70. The highest BCUT2D eigenvalue weighted by atomic mass is 16.5. The predicted octanol–water partition coefficient (Wildman–Crippen LogP) is 3.59. The second-order valence-electron chi connectivity index (χ2n) is 9.68. The molecular formula is C27H30N2O6. The van der Waals surface area contributed by atoms with E-state index >= 15 is 0 Å². The van der Waals surface area contributed by atoms with Crippen molar-refractivity contribution in [2.45, 2.75) is 62.2 Å². The average molecular weight is 479 g/mol. The number of nitrogens with one attached hydrogen (secondary N) is 2. The third-order valence-corrected chi connectivity index (χ3v) is 7.44. The van der Waals surface area contributed by atoms with Crippen molar-refractivity contribution in [3.8, 4) is 11.1 Å². The summed E-state index contributed by atoms with van der Waals surface area (Å²) < 4.78 is 11.6. The van der Waals surface area contributed by atoms with Crippen LogP contribution in [0.25, 0.3) is 11.1 Å². The van der Waals surface area contributed by atoms with Crippen LogP contribution >= 0.6 is 0 Å². The van der Waals surface area contributed by atoms with Gasteiger partial charge in [0.05, 0.1) is 18.1 Å². The van der Waals surface area contributed by atoms with Crippen molar-refractivity contribution in [3.63, 3.8) is 0 Å². The molecule has 0 aromatic heterocycles. The number of hydrogen-bond donors (Lipinski definition) is 3. The van der Waals surface area contributed by atoms with Gasteiger partial charge in [-0.1, -0.05) is 48.5 Å². The lowest BCUT2D eigenvalue weighted by Crippen LogP contribution is -2.49. The van der Waals surface area contributed by atoms with Gasteiger partial charge in [0.15, 0.2) is 0 Å². The SMILES string of the molecule is O=C(O)CC(NC(=O)OCC1c2ccccc2-c2ccccc21)C(=O)NCC1CCC2(CCC2)O1. The van der Waals surface area contributed by atoms with Crippen LogP contribution in [0.1, 0.15) is 55.6 Å². The smallest absolute Gasteiger partial charge is 0.407 e. The Balaban J connectivity index is 1.17. The van der Waals surface area contributed by atoms with E-state index in [9.17, 15) is 19.5 Å². The maximum Gasteiger partial charge on any atom is 0.407 e. The van der Waals surface area contributed by atoms with Crippen molar-refractivity contribution in [3.05, 3.63) is 59.7 Å². The van der Waals surface area contributed by atoms with Gasteiger partial charge in [0.1, 0.15) is 12.6 Å². The van der Waals surface area contributed by atoms with Gasteiger partial charge in [0.25, 0.3) is 0 Å². The Labute approximate surface area is 204 Å². The summed E-state index contributed by atoms with van der Waals surface area (Å²) in [5, 5.41) is 14.4. The standard InChI is InChI=1S/C27H30N2O6/c30-24(31)14-23(25(32)28-15-17-10-13-27(35-17)11-5-12-27)29-26(33)34-16-22-20-8-3-1-6-18(20)19-7-2-4-9-21(19)22/h1-4,6-9,17,22-23H,5,10-16H2,(H,28,32)(H,29,33)(H,30,31). The zero-order chi connectivity index (χ0) is 24.4. The van der Waals surface area contributed by atoms with Gasteiger partial charge in [-0.2, -0.15) is 0 Å². The normalized spacial score (nSPS) is 20.4. The zero-order valence-corrected chi connectivity index (χ0v) is 19.5. The first kappa shape index (κ1) is 23.4. The summed E-state index contributed by atoms with van der Waals surface area (Å²) in [4.78, 5) is 36.6. The molecule has 3 N–H and O–H groups in total. The fraction of sp³-hybridized carbons (Fsp3) is 0.444. The molecule has 0 bridgehead atoms. The Kier molecular flexibility index (Phi) is 6.47. The number of carbonyl (C=O) groups excluding carboxylic acids is 2. The van der Waals surface area contributed by atoms with E-state index in [2.05, 4.69) is 10.6 Å². The highest BCUT2D eigenvalue weighted by molar-refractivity contribution is 5.89. The van der Waals surface area contributed by atoms with Crippen LogP contribution in [0, 0.1) is 0 Å². The summed E-state index contributed by atoms with van der Waals surface area (Å²) >= 11 is 0. The number of rotatable bonds is 8. The topological polar surface area (TPSA) is 114 Å². The molecule has 2 unspecified atom stereocenters. The number of fused-ring (bicyclic) bond motifs is 3. The first-order chi connectivity index (χ1) is 16.9. The maximum atomic E-state index is 12.7. The summed E-state index contributed by atoms with van der Waals surface area (Å²) in [7, 11) is 0. The number of ether oxygens (including phenoxy) is 2. The molecule has 3 aliphatic rings. The van der Waals surface area contributed by atoms with E-state index in [-0.39, 0.29) is 24.2 Å². The summed E-state index contributed by atoms with van der Waals surface area (Å²) in [6.45, 7) is 0.377. The lowest BCUT2D eigenvalue weighted by molar-refractivity contribution is -0.140. The number of carboxylic acids is 1. The zero-order valence-electron chi connectivity index (χ0n) is 19.5. The minimum atomic E-state index is -1.23. The molecule has 5 rings (SSSR count). The van der Waals surface area contributed by atoms with Crippen molar-refractivity contribution in [2.24, 2.45) is 0 Å². The van der Waals surface area contributed by atoms with Gasteiger partial charge >= 0.3 is 12.1 Å². The largest absolute Gasteiger partial charge is 0.481 e. The van der Waals surface area contributed by atoms with Crippen LogP contribution in [0.15, 0.2) is 48.5 Å². The van der Waals surface area contributed by atoms with E-state index in [1.807, 2.05) is 48.5 Å². The molecule has 8 nitrogen and oxygen atoms in total. The van der Waals surface area contributed by atoms with E-state index in [1.165, 1.54) is 6.42 Å². The van der Waals surface area contributed by atoms with Gasteiger partial charge in [-0.15, -0.1) is 0 Å². The van der Waals surface area contributed by atoms with Crippen molar-refractivity contribution in [2.75, 3.05) is 13.2 Å². The number of alkyl carbamates (subject to hydrolysis) is 1. The number of carboxylic acid groups (broad SMARTS) is 1. The molecule has 2 aromatic carbocycles. The maximum absolute atomic E-state index is 12.7. The molecule has 2 aromatic rings. The van der Waals surface area contributed by atoms with Crippen molar-refractivity contribution < 1.29 is 29.0 Å². The molecule has 2 aliphatic carbocycles. The van der Waals surface area contributed by atoms with Gasteiger partial charge in [-0.25, -0.2) is 4.79 Å². The second-order valence-corrected chi connectivity index (χ2v) is 9.68. The molecule has 0 radical (unpaired) electrons. The highest BCUT2D eigenvalue weighted by Crippen LogP contribution is 2.46. The Morgan fingerprint density at radius 3 is 2.26 bits per heavy atom. The van der Waals surface area contributed by atoms with E-state index < -0.39 is 30.4 Å². The van der Waals surface area contributed by atoms with Crippen LogP contribution in [-0.2, 0) is 19.1 Å². The molecule has 1 saturated heterocycles. The first-order valence-corrected chi connectivity index (χ1v) is 12.2. The number of benzene rings is 2. The van der Waals surface area contributed by atoms with Crippen LogP contribution in [0.3, 0.4) is 0 Å². The molecule has 2 amide bonds. The minimum Gasteiger partial charge on any atom is -0.481 e. The Hall–Kier alpha value is -3.39. The van der Waals surface area contributed by atoms with E-state index in [4.69, 9.17) is 9.47 Å². The molecule has 1 heterocycles. The highest BCUT2D eigenvalue weighted by Gasteiger charge is 2.44. The number of amides is 2. The van der Waals surface area contributed by atoms with Crippen LogP contribution in [-0.4, -0.2) is 54.0 Å². The summed E-state index contributed by atoms with van der Waals surface area (Å²) in [6, 6.07) is 14.7. The summed E-state index contributed by atoms with van der Waals surface area (Å²) in [5.74, 6) is -1.87. The van der Waals surface area contributed by atoms with Gasteiger partial charge in [-0.05, 0) is 54.4 Å². The third kappa shape index (κ3) is 4.89. The van der Waals surface area contributed by atoms with E-state index in [1.54, 1.807) is 0 Å². The molecule has 8 heteroatoms. The van der Waals surface area contributed by atoms with Crippen LogP contribution in [0.4, 0.5) is 4.79 Å². The minimum absolute atomic E-state index is 0.0185. The van der Waals surface area contributed by atoms with Crippen LogP contribution < -0.4 is 10.6 Å². The molecule has 184 valence electrons. The van der Waals surface area contributed by atoms with E-state index in [0.717, 1.165) is 47.9 Å². The van der Waals surface area contributed by atoms with Gasteiger partial charge in [-0.3, -0.25) is 9.59 Å². The van der Waals surface area contributed by atoms with Crippen LogP contribution in [0.2, 0.25) is 0 Å². The molecule has 35 heavy (non-hydrogen) atoms. The lowest BCUT2D eigenvalue weighted by atomic mass is 9.78. The molecule has 1 spiro atoms. The summed E-state index contributed by atoms with van der Waals surface area (Å²) in [5.41, 5.74) is 4.34. The molecule has 1 saturated carbocycles. The van der Waals surface area contributed by atoms with Gasteiger partial charge in [0.2, 0.25) is 5.91 Å². The fourth-order valence-corrected chi connectivity index (χ4v) is 5.48. The molecule has 2 fully saturated rings. The van der Waals surface area contributed by atoms with Crippen molar-refractivity contribution in [1.29, 1.82) is 0 Å². The van der Waals surface area contributed by atoms with Gasteiger partial charge < -0.3 is 25.2 Å². The number of hydrogen-bond acceptors (Lipinski definition) is 5. The van der Waals surface area contributed by atoms with Crippen LogP contribution in [0.5, 0.6) is 0 Å². The Morgan fingerprint density at radius 1 is 1.03 bits per heavy atom. The van der Waals surface area contributed by atoms with Crippen molar-refractivity contribution in [1.82, 2.24) is 10.6 Å². The average Bonchev–Trinajstić information content (AvgIpc) is 3.41. The predicted molar refractivity (Wildman–Crippen MR) is 128 cm³/mol. The van der Waals surface area contributed by atoms with Gasteiger partial charge in [0, 0.05) is 12.5 Å². The molecular weight excluding hydrogens is 448 g/mol. The third-order valence-electron chi connectivity index (χ3n) is 7.44. The fourth-order valence-electron chi connectivity index (χ4n) is 5.48. The number of aliphatic carboxylic acids is 1. The monoisotopic (exact) mass is 478 g/mol. The van der Waals surface area contributed by atoms with Crippen molar-refractivity contribution >= 4 is 18.0 Å². The van der Waals surface area contributed by atoms with E-state index in [0.29, 0.717) is 6.54 Å². The number of carbonyl (C=O) groups is 3. The Bertz CT molecular complexity index is 1080. The Morgan fingerprint density at radius 2 is 1.69 bits per heavy atom. The molecule has 2 atom stereocenters. The summed E-state index contributed by atoms with van der Waals surface area (Å²) in [6.07, 6.45) is 3.70. The lowest BCUT2D eigenvalue weighted by Gasteiger charge is -2.38. The quantitative estimate of drug-likeness (QED) is 0.534. The molecule has 1 aliphatic heterocycles.